The molecular weight excluding hydrogens is 331 g/mol. The van der Waals surface area contributed by atoms with Crippen molar-refractivity contribution >= 4 is 29.1 Å². The minimum Gasteiger partial charge on any atom is -0.359 e. The topological polar surface area (TPSA) is 58.2 Å². The maximum Gasteiger partial charge on any atom is 0.228 e. The van der Waals surface area contributed by atoms with Crippen LogP contribution < -0.4 is 10.6 Å². The fourth-order valence-electron chi connectivity index (χ4n) is 2.27. The van der Waals surface area contributed by atoms with E-state index in [-0.39, 0.29) is 23.3 Å². The minimum absolute atomic E-state index is 0.0445. The maximum absolute atomic E-state index is 13.0. The van der Waals surface area contributed by atoms with Crippen LogP contribution in [-0.4, -0.2) is 18.9 Å². The van der Waals surface area contributed by atoms with Gasteiger partial charge in [-0.3, -0.25) is 9.59 Å². The monoisotopic (exact) mass is 348 g/mol. The van der Waals surface area contributed by atoms with Crippen molar-refractivity contribution in [2.45, 2.75) is 19.3 Å². The van der Waals surface area contributed by atoms with Crippen molar-refractivity contribution in [3.63, 3.8) is 0 Å². The lowest BCUT2D eigenvalue weighted by Crippen LogP contribution is -2.19. The molecule has 0 bridgehead atoms. The van der Waals surface area contributed by atoms with Crippen molar-refractivity contribution in [1.82, 2.24) is 5.32 Å². The first kappa shape index (κ1) is 17.9. The van der Waals surface area contributed by atoms with Gasteiger partial charge in [-0.1, -0.05) is 35.9 Å². The third-order valence-corrected chi connectivity index (χ3v) is 3.91. The summed E-state index contributed by atoms with van der Waals surface area (Å²) < 4.78 is 13.0. The van der Waals surface area contributed by atoms with Gasteiger partial charge in [0.2, 0.25) is 11.8 Å². The number of hydrogen-bond acceptors (Lipinski definition) is 2. The largest absolute Gasteiger partial charge is 0.359 e. The second-order valence-corrected chi connectivity index (χ2v) is 5.70. The second kappa shape index (κ2) is 8.45. The Morgan fingerprint density at radius 3 is 2.54 bits per heavy atom. The van der Waals surface area contributed by atoms with E-state index in [9.17, 15) is 14.0 Å². The van der Waals surface area contributed by atoms with E-state index in [0.717, 1.165) is 5.56 Å². The minimum atomic E-state index is -0.441. The van der Waals surface area contributed by atoms with Gasteiger partial charge in [0.25, 0.3) is 0 Å². The number of anilines is 1. The fourth-order valence-corrected chi connectivity index (χ4v) is 2.50. The molecule has 0 aliphatic carbocycles. The quantitative estimate of drug-likeness (QED) is 0.841. The lowest BCUT2D eigenvalue weighted by molar-refractivity contribution is -0.120. The molecule has 6 heteroatoms. The van der Waals surface area contributed by atoms with Crippen LogP contribution in [0.4, 0.5) is 10.1 Å². The van der Waals surface area contributed by atoms with Crippen molar-refractivity contribution in [2.75, 3.05) is 12.4 Å². The van der Waals surface area contributed by atoms with Gasteiger partial charge in [-0.05, 0) is 35.7 Å². The first-order valence-electron chi connectivity index (χ1n) is 7.52. The molecule has 126 valence electrons. The van der Waals surface area contributed by atoms with E-state index in [0.29, 0.717) is 24.1 Å². The van der Waals surface area contributed by atoms with E-state index in [1.165, 1.54) is 18.2 Å². The van der Waals surface area contributed by atoms with Crippen molar-refractivity contribution in [3.8, 4) is 0 Å². The Bertz CT molecular complexity index is 750. The fraction of sp³-hybridized carbons (Fsp3) is 0.222. The highest BCUT2D eigenvalue weighted by atomic mass is 35.5. The van der Waals surface area contributed by atoms with E-state index in [2.05, 4.69) is 10.6 Å². The van der Waals surface area contributed by atoms with Crippen molar-refractivity contribution in [3.05, 3.63) is 64.4 Å². The standard InChI is InChI=1S/C18H18ClFN2O2/c1-21-17(23)9-7-12-4-2-3-5-16(12)22-18(24)10-13-6-8-14(20)11-15(13)19/h2-6,8,11H,7,9-10H2,1H3,(H,21,23)(H,22,24). The van der Waals surface area contributed by atoms with Gasteiger partial charge in [0.1, 0.15) is 5.82 Å². The summed E-state index contributed by atoms with van der Waals surface area (Å²) in [5.41, 5.74) is 2.09. The highest BCUT2D eigenvalue weighted by Crippen LogP contribution is 2.20. The molecule has 2 aromatic carbocycles. The van der Waals surface area contributed by atoms with E-state index in [1.54, 1.807) is 13.1 Å². The van der Waals surface area contributed by atoms with Gasteiger partial charge in [-0.2, -0.15) is 0 Å². The zero-order valence-electron chi connectivity index (χ0n) is 13.2. The van der Waals surface area contributed by atoms with Crippen LogP contribution in [0.2, 0.25) is 5.02 Å². The summed E-state index contributed by atoms with van der Waals surface area (Å²) in [6.07, 6.45) is 0.906. The molecule has 0 heterocycles. The summed E-state index contributed by atoms with van der Waals surface area (Å²) in [5.74, 6) is -0.756. The highest BCUT2D eigenvalue weighted by molar-refractivity contribution is 6.31. The number of nitrogens with one attached hydrogen (secondary N) is 2. The van der Waals surface area contributed by atoms with Crippen LogP contribution in [0, 0.1) is 5.82 Å². The summed E-state index contributed by atoms with van der Waals surface area (Å²) in [5, 5.41) is 5.61. The summed E-state index contributed by atoms with van der Waals surface area (Å²) in [6.45, 7) is 0. The Morgan fingerprint density at radius 2 is 1.83 bits per heavy atom. The molecule has 0 spiro atoms. The SMILES string of the molecule is CNC(=O)CCc1ccccc1NC(=O)Cc1ccc(F)cc1Cl. The van der Waals surface area contributed by atoms with Crippen LogP contribution >= 0.6 is 11.6 Å². The predicted octanol–water partition coefficient (Wildman–Crippen LogP) is 3.34. The lowest BCUT2D eigenvalue weighted by Gasteiger charge is -2.11. The van der Waals surface area contributed by atoms with Gasteiger partial charge in [0.05, 0.1) is 6.42 Å². The van der Waals surface area contributed by atoms with Gasteiger partial charge in [0.15, 0.2) is 0 Å². The number of rotatable bonds is 6. The molecule has 2 amide bonds. The number of halogens is 2. The Balaban J connectivity index is 2.04. The normalized spacial score (nSPS) is 10.3. The molecular formula is C18H18ClFN2O2. The third-order valence-electron chi connectivity index (χ3n) is 3.56. The number of carbonyl (C=O) groups is 2. The van der Waals surface area contributed by atoms with E-state index in [1.807, 2.05) is 18.2 Å². The smallest absolute Gasteiger partial charge is 0.228 e. The molecule has 2 N–H and O–H groups in total. The molecule has 0 fully saturated rings. The number of benzene rings is 2. The van der Waals surface area contributed by atoms with Crippen LogP contribution in [-0.2, 0) is 22.4 Å². The van der Waals surface area contributed by atoms with E-state index < -0.39 is 5.82 Å². The molecule has 2 rings (SSSR count). The van der Waals surface area contributed by atoms with Crippen molar-refractivity contribution < 1.29 is 14.0 Å². The van der Waals surface area contributed by atoms with Crippen molar-refractivity contribution in [2.24, 2.45) is 0 Å². The Labute approximate surface area is 145 Å². The molecule has 24 heavy (non-hydrogen) atoms. The molecule has 0 atom stereocenters. The van der Waals surface area contributed by atoms with Crippen LogP contribution in [0.15, 0.2) is 42.5 Å². The molecule has 0 saturated heterocycles. The highest BCUT2D eigenvalue weighted by Gasteiger charge is 2.11. The van der Waals surface area contributed by atoms with Gasteiger partial charge >= 0.3 is 0 Å². The number of hydrogen-bond donors (Lipinski definition) is 2. The first-order valence-corrected chi connectivity index (χ1v) is 7.89. The number of aryl methyl sites for hydroxylation is 1. The first-order chi connectivity index (χ1) is 11.5. The molecule has 0 saturated carbocycles. The van der Waals surface area contributed by atoms with Crippen LogP contribution in [0.25, 0.3) is 0 Å². The molecule has 2 aromatic rings. The Hall–Kier alpha value is -2.40. The van der Waals surface area contributed by atoms with Gasteiger partial charge in [-0.25, -0.2) is 4.39 Å². The number of carbonyl (C=O) groups excluding carboxylic acids is 2. The lowest BCUT2D eigenvalue weighted by atomic mass is 10.1. The molecule has 0 unspecified atom stereocenters. The van der Waals surface area contributed by atoms with Gasteiger partial charge < -0.3 is 10.6 Å². The molecule has 4 nitrogen and oxygen atoms in total. The number of amides is 2. The summed E-state index contributed by atoms with van der Waals surface area (Å²) in [6, 6.07) is 11.3. The average Bonchev–Trinajstić information content (AvgIpc) is 2.56. The van der Waals surface area contributed by atoms with Crippen LogP contribution in [0.1, 0.15) is 17.5 Å². The van der Waals surface area contributed by atoms with E-state index >= 15 is 0 Å². The Kier molecular flexibility index (Phi) is 6.32. The summed E-state index contributed by atoms with van der Waals surface area (Å²) >= 11 is 5.94. The zero-order chi connectivity index (χ0) is 17.5. The van der Waals surface area contributed by atoms with Crippen LogP contribution in [0.5, 0.6) is 0 Å². The molecule has 0 radical (unpaired) electrons. The van der Waals surface area contributed by atoms with E-state index in [4.69, 9.17) is 11.6 Å². The van der Waals surface area contributed by atoms with Crippen molar-refractivity contribution in [1.29, 1.82) is 0 Å². The van der Waals surface area contributed by atoms with Crippen LogP contribution in [0.3, 0.4) is 0 Å². The maximum atomic E-state index is 13.0. The Morgan fingerprint density at radius 1 is 1.08 bits per heavy atom. The van der Waals surface area contributed by atoms with Gasteiger partial charge in [0, 0.05) is 24.2 Å². The predicted molar refractivity (Wildman–Crippen MR) is 92.6 cm³/mol. The summed E-state index contributed by atoms with van der Waals surface area (Å²) in [4.78, 5) is 23.6. The van der Waals surface area contributed by atoms with Gasteiger partial charge in [-0.15, -0.1) is 0 Å². The molecule has 0 aliphatic rings. The number of para-hydroxylation sites is 1. The zero-order valence-corrected chi connectivity index (χ0v) is 14.0. The molecule has 0 aromatic heterocycles. The third kappa shape index (κ3) is 5.06. The second-order valence-electron chi connectivity index (χ2n) is 5.29. The average molecular weight is 349 g/mol. The molecule has 0 aliphatic heterocycles. The summed E-state index contributed by atoms with van der Waals surface area (Å²) in [7, 11) is 1.59.